The molecular weight excluding hydrogens is 242 g/mol. The third-order valence-electron chi connectivity index (χ3n) is 2.86. The van der Waals surface area contributed by atoms with Gasteiger partial charge in [-0.25, -0.2) is 4.98 Å². The van der Waals surface area contributed by atoms with Gasteiger partial charge in [-0.2, -0.15) is 0 Å². The number of hydrogen-bond acceptors (Lipinski definition) is 4. The number of rotatable bonds is 4. The third-order valence-corrected chi connectivity index (χ3v) is 2.86. The fourth-order valence-corrected chi connectivity index (χ4v) is 1.94. The maximum absolute atomic E-state index is 11.0. The summed E-state index contributed by atoms with van der Waals surface area (Å²) in [5, 5.41) is 11.0. The largest absolute Gasteiger partial charge is 0.384 e. The highest BCUT2D eigenvalue weighted by Crippen LogP contribution is 2.28. The van der Waals surface area contributed by atoms with Crippen molar-refractivity contribution < 1.29 is 4.92 Å². The standard InChI is InChI=1S/C14H15N3O2/c1-2-3-10-4-6-11(7-5-10)14-12(17(18)19)8-9-13(15)16-14/h4-9H,2-3H2,1H3,(H2,15,16). The molecule has 0 fully saturated rings. The van der Waals surface area contributed by atoms with Crippen LogP contribution in [0.4, 0.5) is 11.5 Å². The number of nitrogens with two attached hydrogens (primary N) is 1. The minimum Gasteiger partial charge on any atom is -0.384 e. The molecule has 5 nitrogen and oxygen atoms in total. The van der Waals surface area contributed by atoms with E-state index in [4.69, 9.17) is 5.73 Å². The van der Waals surface area contributed by atoms with Crippen molar-refractivity contribution in [3.05, 3.63) is 52.1 Å². The summed E-state index contributed by atoms with van der Waals surface area (Å²) >= 11 is 0. The number of aromatic nitrogens is 1. The first kappa shape index (κ1) is 13.0. The topological polar surface area (TPSA) is 82.0 Å². The summed E-state index contributed by atoms with van der Waals surface area (Å²) in [6.07, 6.45) is 2.06. The van der Waals surface area contributed by atoms with Gasteiger partial charge < -0.3 is 5.73 Å². The Hall–Kier alpha value is -2.43. The normalized spacial score (nSPS) is 10.4. The van der Waals surface area contributed by atoms with E-state index in [-0.39, 0.29) is 11.5 Å². The van der Waals surface area contributed by atoms with E-state index >= 15 is 0 Å². The molecule has 1 aromatic carbocycles. The van der Waals surface area contributed by atoms with Gasteiger partial charge in [-0.15, -0.1) is 0 Å². The zero-order valence-electron chi connectivity index (χ0n) is 10.7. The van der Waals surface area contributed by atoms with Crippen LogP contribution in [0.1, 0.15) is 18.9 Å². The first-order valence-electron chi connectivity index (χ1n) is 6.12. The summed E-state index contributed by atoms with van der Waals surface area (Å²) in [5.74, 6) is 0.276. The van der Waals surface area contributed by atoms with Gasteiger partial charge in [-0.05, 0) is 18.1 Å². The predicted octanol–water partition coefficient (Wildman–Crippen LogP) is 3.19. The fourth-order valence-electron chi connectivity index (χ4n) is 1.94. The highest BCUT2D eigenvalue weighted by atomic mass is 16.6. The van der Waals surface area contributed by atoms with Crippen LogP contribution in [0.3, 0.4) is 0 Å². The number of benzene rings is 1. The van der Waals surface area contributed by atoms with E-state index in [9.17, 15) is 10.1 Å². The van der Waals surface area contributed by atoms with Crippen LogP contribution < -0.4 is 5.73 Å². The van der Waals surface area contributed by atoms with Gasteiger partial charge in [-0.1, -0.05) is 37.6 Å². The smallest absolute Gasteiger partial charge is 0.295 e. The Morgan fingerprint density at radius 2 is 1.89 bits per heavy atom. The Morgan fingerprint density at radius 3 is 2.47 bits per heavy atom. The highest BCUT2D eigenvalue weighted by Gasteiger charge is 2.16. The minimum atomic E-state index is -0.443. The number of pyridine rings is 1. The Morgan fingerprint density at radius 1 is 1.21 bits per heavy atom. The molecule has 2 N–H and O–H groups in total. The molecule has 0 aliphatic heterocycles. The lowest BCUT2D eigenvalue weighted by Crippen LogP contribution is -1.98. The van der Waals surface area contributed by atoms with E-state index in [0.717, 1.165) is 12.8 Å². The van der Waals surface area contributed by atoms with Gasteiger partial charge >= 0.3 is 0 Å². The molecule has 0 amide bonds. The zero-order valence-corrected chi connectivity index (χ0v) is 10.7. The maximum atomic E-state index is 11.0. The third kappa shape index (κ3) is 2.88. The van der Waals surface area contributed by atoms with Gasteiger partial charge in [0.2, 0.25) is 0 Å². The molecule has 2 rings (SSSR count). The van der Waals surface area contributed by atoms with Gasteiger partial charge in [0.1, 0.15) is 5.82 Å². The molecular formula is C14H15N3O2. The van der Waals surface area contributed by atoms with Crippen LogP contribution >= 0.6 is 0 Å². The molecule has 0 aliphatic carbocycles. The molecule has 0 unspecified atom stereocenters. The van der Waals surface area contributed by atoms with Crippen molar-refractivity contribution >= 4 is 11.5 Å². The summed E-state index contributed by atoms with van der Waals surface area (Å²) in [5.41, 5.74) is 7.81. The molecule has 1 aromatic heterocycles. The molecule has 19 heavy (non-hydrogen) atoms. The molecule has 0 saturated carbocycles. The Kier molecular flexibility index (Phi) is 3.75. The van der Waals surface area contributed by atoms with Crippen LogP contribution in [-0.2, 0) is 6.42 Å². The first-order valence-corrected chi connectivity index (χ1v) is 6.12. The molecule has 1 heterocycles. The minimum absolute atomic E-state index is 0.0301. The van der Waals surface area contributed by atoms with Crippen molar-refractivity contribution in [1.82, 2.24) is 4.98 Å². The van der Waals surface area contributed by atoms with Crippen molar-refractivity contribution in [2.75, 3.05) is 5.73 Å². The van der Waals surface area contributed by atoms with Crippen LogP contribution in [0.2, 0.25) is 0 Å². The van der Waals surface area contributed by atoms with Crippen LogP contribution in [0.15, 0.2) is 36.4 Å². The second-order valence-electron chi connectivity index (χ2n) is 4.31. The van der Waals surface area contributed by atoms with E-state index in [1.54, 1.807) is 0 Å². The number of nitrogen functional groups attached to an aromatic ring is 1. The molecule has 0 saturated heterocycles. The number of nitro groups is 1. The van der Waals surface area contributed by atoms with Crippen LogP contribution in [0.25, 0.3) is 11.3 Å². The fraction of sp³-hybridized carbons (Fsp3) is 0.214. The van der Waals surface area contributed by atoms with E-state index in [2.05, 4.69) is 11.9 Å². The van der Waals surface area contributed by atoms with Gasteiger partial charge in [-0.3, -0.25) is 10.1 Å². The monoisotopic (exact) mass is 257 g/mol. The molecule has 0 atom stereocenters. The van der Waals surface area contributed by atoms with Crippen molar-refractivity contribution in [3.8, 4) is 11.3 Å². The number of nitrogens with zero attached hydrogens (tertiary/aromatic N) is 2. The van der Waals surface area contributed by atoms with Crippen LogP contribution in [0.5, 0.6) is 0 Å². The summed E-state index contributed by atoms with van der Waals surface area (Å²) < 4.78 is 0. The van der Waals surface area contributed by atoms with Crippen LogP contribution in [0, 0.1) is 10.1 Å². The van der Waals surface area contributed by atoms with Crippen LogP contribution in [-0.4, -0.2) is 9.91 Å². The molecule has 0 radical (unpaired) electrons. The van der Waals surface area contributed by atoms with Crippen molar-refractivity contribution in [2.45, 2.75) is 19.8 Å². The van der Waals surface area contributed by atoms with Crippen molar-refractivity contribution in [2.24, 2.45) is 0 Å². The Balaban J connectivity index is 2.45. The summed E-state index contributed by atoms with van der Waals surface area (Å²) in [6.45, 7) is 2.11. The summed E-state index contributed by atoms with van der Waals surface area (Å²) in [6, 6.07) is 10.4. The summed E-state index contributed by atoms with van der Waals surface area (Å²) in [4.78, 5) is 14.6. The molecule has 0 spiro atoms. The molecule has 5 heteroatoms. The number of aryl methyl sites for hydroxylation is 1. The lowest BCUT2D eigenvalue weighted by atomic mass is 10.0. The van der Waals surface area contributed by atoms with Crippen molar-refractivity contribution in [1.29, 1.82) is 0 Å². The molecule has 0 bridgehead atoms. The Bertz CT molecular complexity index is 594. The van der Waals surface area contributed by atoms with Gasteiger partial charge in [0, 0.05) is 11.6 Å². The number of hydrogen-bond donors (Lipinski definition) is 1. The van der Waals surface area contributed by atoms with E-state index in [1.165, 1.54) is 17.7 Å². The average Bonchev–Trinajstić information content (AvgIpc) is 2.39. The average molecular weight is 257 g/mol. The predicted molar refractivity (Wildman–Crippen MR) is 74.7 cm³/mol. The maximum Gasteiger partial charge on any atom is 0.295 e. The highest BCUT2D eigenvalue weighted by molar-refractivity contribution is 5.71. The van der Waals surface area contributed by atoms with Gasteiger partial charge in [0.15, 0.2) is 5.69 Å². The lowest BCUT2D eigenvalue weighted by molar-refractivity contribution is -0.384. The quantitative estimate of drug-likeness (QED) is 0.673. The number of anilines is 1. The van der Waals surface area contributed by atoms with Crippen molar-refractivity contribution in [3.63, 3.8) is 0 Å². The second-order valence-corrected chi connectivity index (χ2v) is 4.31. The first-order chi connectivity index (χ1) is 9.11. The lowest BCUT2D eigenvalue weighted by Gasteiger charge is -2.05. The SMILES string of the molecule is CCCc1ccc(-c2nc(N)ccc2[N+](=O)[O-])cc1. The van der Waals surface area contributed by atoms with Gasteiger partial charge in [0.25, 0.3) is 5.69 Å². The molecule has 0 aliphatic rings. The zero-order chi connectivity index (χ0) is 13.8. The molecule has 98 valence electrons. The second kappa shape index (κ2) is 5.48. The van der Waals surface area contributed by atoms with E-state index in [0.29, 0.717) is 11.3 Å². The van der Waals surface area contributed by atoms with Gasteiger partial charge in [0.05, 0.1) is 4.92 Å². The van der Waals surface area contributed by atoms with E-state index < -0.39 is 4.92 Å². The van der Waals surface area contributed by atoms with E-state index in [1.807, 2.05) is 24.3 Å². The molecule has 2 aromatic rings. The summed E-state index contributed by atoms with van der Waals surface area (Å²) in [7, 11) is 0. The Labute approximate surface area is 111 Å².